The third-order valence-corrected chi connectivity index (χ3v) is 2.63. The summed E-state index contributed by atoms with van der Waals surface area (Å²) < 4.78 is 4.94. The van der Waals surface area contributed by atoms with Crippen LogP contribution in [0, 0.1) is 5.41 Å². The van der Waals surface area contributed by atoms with Crippen molar-refractivity contribution in [3.63, 3.8) is 0 Å². The van der Waals surface area contributed by atoms with Gasteiger partial charge in [0.15, 0.2) is 0 Å². The fraction of sp³-hybridized carbons (Fsp3) is 0.533. The minimum Gasteiger partial charge on any atom is -0.462 e. The fourth-order valence-corrected chi connectivity index (χ4v) is 1.54. The van der Waals surface area contributed by atoms with E-state index in [1.165, 1.54) is 5.56 Å². The summed E-state index contributed by atoms with van der Waals surface area (Å²) in [6.45, 7) is 8.94. The number of hydrogen-bond acceptors (Lipinski definition) is 2. The molecule has 0 aliphatic heterocycles. The summed E-state index contributed by atoms with van der Waals surface area (Å²) in [5.74, 6) is -0.241. The van der Waals surface area contributed by atoms with Crippen LogP contribution in [0.2, 0.25) is 0 Å². The Balaban J connectivity index is 2.59. The summed E-state index contributed by atoms with van der Waals surface area (Å²) in [7, 11) is 0. The Morgan fingerprint density at radius 1 is 1.18 bits per heavy atom. The van der Waals surface area contributed by atoms with Gasteiger partial charge in [-0.3, -0.25) is 0 Å². The number of ether oxygens (including phenoxy) is 1. The number of carbonyl (C=O) groups is 1. The van der Waals surface area contributed by atoms with Gasteiger partial charge in [-0.25, -0.2) is 4.79 Å². The molecule has 0 saturated carbocycles. The van der Waals surface area contributed by atoms with E-state index in [1.807, 2.05) is 31.2 Å². The predicted molar refractivity (Wildman–Crippen MR) is 70.2 cm³/mol. The topological polar surface area (TPSA) is 26.3 Å². The van der Waals surface area contributed by atoms with Crippen molar-refractivity contribution in [2.24, 2.45) is 5.41 Å². The average Bonchev–Trinajstić information content (AvgIpc) is 2.26. The summed E-state index contributed by atoms with van der Waals surface area (Å²) >= 11 is 0. The Hall–Kier alpha value is -1.31. The van der Waals surface area contributed by atoms with Crippen LogP contribution in [0.25, 0.3) is 0 Å². The monoisotopic (exact) mass is 234 g/mol. The maximum Gasteiger partial charge on any atom is 0.338 e. The lowest BCUT2D eigenvalue weighted by Gasteiger charge is -2.17. The van der Waals surface area contributed by atoms with Crippen LogP contribution in [0.1, 0.15) is 50.0 Å². The lowest BCUT2D eigenvalue weighted by molar-refractivity contribution is 0.0526. The normalized spacial score (nSPS) is 11.3. The zero-order valence-electron chi connectivity index (χ0n) is 11.2. The molecule has 17 heavy (non-hydrogen) atoms. The van der Waals surface area contributed by atoms with Crippen molar-refractivity contribution in [3.8, 4) is 0 Å². The van der Waals surface area contributed by atoms with E-state index < -0.39 is 0 Å². The molecule has 0 saturated heterocycles. The Bertz CT molecular complexity index is 358. The van der Waals surface area contributed by atoms with Crippen LogP contribution >= 0.6 is 0 Å². The quantitative estimate of drug-likeness (QED) is 0.740. The van der Waals surface area contributed by atoms with Crippen molar-refractivity contribution in [3.05, 3.63) is 35.4 Å². The highest BCUT2D eigenvalue weighted by Gasteiger charge is 2.10. The minimum atomic E-state index is -0.241. The van der Waals surface area contributed by atoms with Crippen LogP contribution in [-0.4, -0.2) is 12.6 Å². The van der Waals surface area contributed by atoms with Crippen LogP contribution in [0.3, 0.4) is 0 Å². The predicted octanol–water partition coefficient (Wildman–Crippen LogP) is 3.84. The number of aryl methyl sites for hydroxylation is 1. The molecule has 1 aromatic carbocycles. The first-order valence-corrected chi connectivity index (χ1v) is 6.18. The third kappa shape index (κ3) is 5.03. The molecule has 0 aliphatic carbocycles. The van der Waals surface area contributed by atoms with Crippen LogP contribution in [0.5, 0.6) is 0 Å². The van der Waals surface area contributed by atoms with E-state index in [2.05, 4.69) is 20.8 Å². The first kappa shape index (κ1) is 13.8. The van der Waals surface area contributed by atoms with Gasteiger partial charge >= 0.3 is 5.97 Å². The molecule has 0 N–H and O–H groups in total. The van der Waals surface area contributed by atoms with Crippen LogP contribution < -0.4 is 0 Å². The van der Waals surface area contributed by atoms with Gasteiger partial charge in [0.25, 0.3) is 0 Å². The SMILES string of the molecule is CCOC(=O)c1ccc(CCC(C)(C)C)cc1. The molecule has 0 bridgehead atoms. The number of rotatable bonds is 4. The van der Waals surface area contributed by atoms with Gasteiger partial charge in [0, 0.05) is 0 Å². The summed E-state index contributed by atoms with van der Waals surface area (Å²) in [5.41, 5.74) is 2.25. The average molecular weight is 234 g/mol. The summed E-state index contributed by atoms with van der Waals surface area (Å²) in [4.78, 5) is 11.5. The zero-order valence-corrected chi connectivity index (χ0v) is 11.2. The van der Waals surface area contributed by atoms with Crippen molar-refractivity contribution >= 4 is 5.97 Å². The Morgan fingerprint density at radius 2 is 1.76 bits per heavy atom. The summed E-state index contributed by atoms with van der Waals surface area (Å²) in [5, 5.41) is 0. The van der Waals surface area contributed by atoms with Crippen molar-refractivity contribution in [2.45, 2.75) is 40.5 Å². The first-order valence-electron chi connectivity index (χ1n) is 6.18. The van der Waals surface area contributed by atoms with Crippen LogP contribution in [0.4, 0.5) is 0 Å². The molecule has 0 amide bonds. The number of esters is 1. The minimum absolute atomic E-state index is 0.241. The molecular formula is C15H22O2. The smallest absolute Gasteiger partial charge is 0.338 e. The molecule has 0 radical (unpaired) electrons. The largest absolute Gasteiger partial charge is 0.462 e. The first-order chi connectivity index (χ1) is 7.92. The summed E-state index contributed by atoms with van der Waals surface area (Å²) in [6.07, 6.45) is 2.19. The van der Waals surface area contributed by atoms with Gasteiger partial charge in [-0.05, 0) is 42.9 Å². The second-order valence-corrected chi connectivity index (χ2v) is 5.48. The van der Waals surface area contributed by atoms with E-state index in [-0.39, 0.29) is 5.97 Å². The molecule has 0 heterocycles. The van der Waals surface area contributed by atoms with E-state index in [0.29, 0.717) is 17.6 Å². The Labute approximate surface area is 104 Å². The number of carbonyl (C=O) groups excluding carboxylic acids is 1. The molecule has 0 unspecified atom stereocenters. The Kier molecular flexibility index (Phi) is 4.73. The van der Waals surface area contributed by atoms with Gasteiger partial charge in [0.1, 0.15) is 0 Å². The highest BCUT2D eigenvalue weighted by Crippen LogP contribution is 2.21. The van der Waals surface area contributed by atoms with E-state index in [1.54, 1.807) is 0 Å². The third-order valence-electron chi connectivity index (χ3n) is 2.63. The van der Waals surface area contributed by atoms with Crippen molar-refractivity contribution in [2.75, 3.05) is 6.61 Å². The molecule has 2 nitrogen and oxygen atoms in total. The summed E-state index contributed by atoms with van der Waals surface area (Å²) in [6, 6.07) is 7.71. The standard InChI is InChI=1S/C15H22O2/c1-5-17-14(16)13-8-6-12(7-9-13)10-11-15(2,3)4/h6-9H,5,10-11H2,1-4H3. The number of benzene rings is 1. The van der Waals surface area contributed by atoms with E-state index in [0.717, 1.165) is 12.8 Å². The van der Waals surface area contributed by atoms with Gasteiger partial charge in [0.2, 0.25) is 0 Å². The van der Waals surface area contributed by atoms with Crippen LogP contribution in [-0.2, 0) is 11.2 Å². The molecule has 2 heteroatoms. The lowest BCUT2D eigenvalue weighted by atomic mass is 9.88. The van der Waals surface area contributed by atoms with Gasteiger partial charge in [-0.15, -0.1) is 0 Å². The fourth-order valence-electron chi connectivity index (χ4n) is 1.54. The van der Waals surface area contributed by atoms with Crippen molar-refractivity contribution in [1.29, 1.82) is 0 Å². The lowest BCUT2D eigenvalue weighted by Crippen LogP contribution is -2.07. The molecule has 0 spiro atoms. The molecule has 0 atom stereocenters. The van der Waals surface area contributed by atoms with Gasteiger partial charge in [-0.2, -0.15) is 0 Å². The van der Waals surface area contributed by atoms with Crippen molar-refractivity contribution in [1.82, 2.24) is 0 Å². The molecule has 0 fully saturated rings. The maximum absolute atomic E-state index is 11.5. The van der Waals surface area contributed by atoms with Gasteiger partial charge < -0.3 is 4.74 Å². The van der Waals surface area contributed by atoms with Crippen LogP contribution in [0.15, 0.2) is 24.3 Å². The molecule has 94 valence electrons. The second-order valence-electron chi connectivity index (χ2n) is 5.48. The number of hydrogen-bond donors (Lipinski definition) is 0. The molecule has 1 aromatic rings. The van der Waals surface area contributed by atoms with E-state index in [9.17, 15) is 4.79 Å². The Morgan fingerprint density at radius 3 is 2.24 bits per heavy atom. The van der Waals surface area contributed by atoms with Gasteiger partial charge in [0.05, 0.1) is 12.2 Å². The highest BCUT2D eigenvalue weighted by molar-refractivity contribution is 5.89. The van der Waals surface area contributed by atoms with Crippen molar-refractivity contribution < 1.29 is 9.53 Å². The molecular weight excluding hydrogens is 212 g/mol. The molecule has 1 rings (SSSR count). The molecule has 0 aromatic heterocycles. The molecule has 0 aliphatic rings. The van der Waals surface area contributed by atoms with Gasteiger partial charge in [-0.1, -0.05) is 32.9 Å². The second kappa shape index (κ2) is 5.85. The maximum atomic E-state index is 11.5. The van der Waals surface area contributed by atoms with E-state index in [4.69, 9.17) is 4.74 Å². The zero-order chi connectivity index (χ0) is 12.9. The van der Waals surface area contributed by atoms with E-state index >= 15 is 0 Å². The highest BCUT2D eigenvalue weighted by atomic mass is 16.5.